The highest BCUT2D eigenvalue weighted by molar-refractivity contribution is 5.43. The van der Waals surface area contributed by atoms with Crippen LogP contribution in [0.1, 0.15) is 13.3 Å². The fourth-order valence-electron chi connectivity index (χ4n) is 0.852. The van der Waals surface area contributed by atoms with Crippen molar-refractivity contribution < 1.29 is 0 Å². The van der Waals surface area contributed by atoms with Gasteiger partial charge in [-0.25, -0.2) is 0 Å². The number of allylic oxidation sites excluding steroid dienone is 1. The standard InChI is InChI=1S/C10H18N2/c1-7(2)8(3)9(4)10(12)5-6-11/h10H,1,3-6,11-12H2,2H3. The molecule has 0 aromatic heterocycles. The van der Waals surface area contributed by atoms with Gasteiger partial charge in [0.15, 0.2) is 0 Å². The van der Waals surface area contributed by atoms with Gasteiger partial charge in [0.05, 0.1) is 0 Å². The van der Waals surface area contributed by atoms with E-state index in [1.54, 1.807) is 0 Å². The smallest absolute Gasteiger partial charge is 0.0306 e. The van der Waals surface area contributed by atoms with Gasteiger partial charge in [-0.1, -0.05) is 25.3 Å². The molecular formula is C10H18N2. The fourth-order valence-corrected chi connectivity index (χ4v) is 0.852. The molecule has 2 heteroatoms. The topological polar surface area (TPSA) is 52.0 Å². The van der Waals surface area contributed by atoms with Gasteiger partial charge in [-0.2, -0.15) is 0 Å². The van der Waals surface area contributed by atoms with Crippen LogP contribution in [-0.4, -0.2) is 12.6 Å². The Hall–Kier alpha value is -0.860. The molecule has 0 amide bonds. The predicted molar refractivity (Wildman–Crippen MR) is 54.7 cm³/mol. The molecule has 0 aliphatic carbocycles. The van der Waals surface area contributed by atoms with Crippen LogP contribution in [0.4, 0.5) is 0 Å². The predicted octanol–water partition coefficient (Wildman–Crippen LogP) is 1.35. The molecule has 0 aromatic rings. The van der Waals surface area contributed by atoms with Crippen molar-refractivity contribution in [2.45, 2.75) is 19.4 Å². The second kappa shape index (κ2) is 4.91. The number of nitrogens with two attached hydrogens (primary N) is 2. The SMILES string of the molecule is C=C(C)C(=C)C(=C)C(N)CCN. The molecule has 0 aliphatic rings. The van der Waals surface area contributed by atoms with Gasteiger partial charge in [0.2, 0.25) is 0 Å². The third kappa shape index (κ3) is 3.03. The first-order valence-electron chi connectivity index (χ1n) is 4.00. The molecule has 12 heavy (non-hydrogen) atoms. The minimum Gasteiger partial charge on any atom is -0.330 e. The normalized spacial score (nSPS) is 12.2. The van der Waals surface area contributed by atoms with Gasteiger partial charge >= 0.3 is 0 Å². The lowest BCUT2D eigenvalue weighted by atomic mass is 9.95. The van der Waals surface area contributed by atoms with Crippen molar-refractivity contribution in [2.24, 2.45) is 11.5 Å². The molecule has 1 unspecified atom stereocenters. The van der Waals surface area contributed by atoms with Crippen molar-refractivity contribution in [3.63, 3.8) is 0 Å². The summed E-state index contributed by atoms with van der Waals surface area (Å²) in [4.78, 5) is 0. The lowest BCUT2D eigenvalue weighted by Crippen LogP contribution is -2.26. The van der Waals surface area contributed by atoms with Crippen molar-refractivity contribution in [3.05, 3.63) is 36.5 Å². The summed E-state index contributed by atoms with van der Waals surface area (Å²) in [7, 11) is 0. The van der Waals surface area contributed by atoms with Crippen LogP contribution in [0.5, 0.6) is 0 Å². The average Bonchev–Trinajstić information content (AvgIpc) is 2.02. The summed E-state index contributed by atoms with van der Waals surface area (Å²) >= 11 is 0. The monoisotopic (exact) mass is 166 g/mol. The average molecular weight is 166 g/mol. The van der Waals surface area contributed by atoms with Gasteiger partial charge in [-0.3, -0.25) is 0 Å². The minimum atomic E-state index is -0.0841. The van der Waals surface area contributed by atoms with E-state index in [-0.39, 0.29) is 6.04 Å². The molecule has 0 aliphatic heterocycles. The lowest BCUT2D eigenvalue weighted by molar-refractivity contribution is 0.707. The summed E-state index contributed by atoms with van der Waals surface area (Å²) in [6.07, 6.45) is 0.741. The Morgan fingerprint density at radius 1 is 1.33 bits per heavy atom. The molecule has 0 fully saturated rings. The Morgan fingerprint density at radius 3 is 2.17 bits per heavy atom. The zero-order valence-electron chi connectivity index (χ0n) is 7.77. The van der Waals surface area contributed by atoms with E-state index in [9.17, 15) is 0 Å². The molecule has 1 atom stereocenters. The van der Waals surface area contributed by atoms with Crippen molar-refractivity contribution in [1.82, 2.24) is 0 Å². The Kier molecular flexibility index (Phi) is 4.55. The molecule has 0 rings (SSSR count). The van der Waals surface area contributed by atoms with Gasteiger partial charge in [-0.05, 0) is 31.0 Å². The molecule has 0 radical (unpaired) electrons. The van der Waals surface area contributed by atoms with Crippen LogP contribution in [0.2, 0.25) is 0 Å². The zero-order valence-corrected chi connectivity index (χ0v) is 7.77. The zero-order chi connectivity index (χ0) is 9.72. The maximum absolute atomic E-state index is 5.78. The summed E-state index contributed by atoms with van der Waals surface area (Å²) in [5, 5.41) is 0. The summed E-state index contributed by atoms with van der Waals surface area (Å²) in [5.41, 5.74) is 13.7. The molecule has 0 bridgehead atoms. The third-order valence-corrected chi connectivity index (χ3v) is 1.83. The van der Waals surface area contributed by atoms with E-state index in [1.165, 1.54) is 0 Å². The first-order chi connectivity index (χ1) is 5.50. The molecule has 0 saturated carbocycles. The van der Waals surface area contributed by atoms with E-state index in [0.717, 1.165) is 23.1 Å². The van der Waals surface area contributed by atoms with Gasteiger partial charge in [0.1, 0.15) is 0 Å². The fraction of sp³-hybridized carbons (Fsp3) is 0.400. The van der Waals surface area contributed by atoms with E-state index < -0.39 is 0 Å². The second-order valence-corrected chi connectivity index (χ2v) is 2.97. The summed E-state index contributed by atoms with van der Waals surface area (Å²) < 4.78 is 0. The number of hydrogen-bond acceptors (Lipinski definition) is 2. The van der Waals surface area contributed by atoms with Crippen LogP contribution in [0.25, 0.3) is 0 Å². The molecule has 68 valence electrons. The van der Waals surface area contributed by atoms with Crippen LogP contribution in [-0.2, 0) is 0 Å². The van der Waals surface area contributed by atoms with Gasteiger partial charge in [-0.15, -0.1) is 0 Å². The Balaban J connectivity index is 4.19. The van der Waals surface area contributed by atoms with Crippen LogP contribution in [0.15, 0.2) is 36.5 Å². The van der Waals surface area contributed by atoms with Gasteiger partial charge < -0.3 is 11.5 Å². The summed E-state index contributed by atoms with van der Waals surface area (Å²) in [6, 6.07) is -0.0841. The molecular weight excluding hydrogens is 148 g/mol. The van der Waals surface area contributed by atoms with E-state index in [4.69, 9.17) is 11.5 Å². The van der Waals surface area contributed by atoms with E-state index in [1.807, 2.05) is 6.92 Å². The first kappa shape index (κ1) is 11.1. The molecule has 4 N–H and O–H groups in total. The van der Waals surface area contributed by atoms with Crippen molar-refractivity contribution >= 4 is 0 Å². The van der Waals surface area contributed by atoms with E-state index in [2.05, 4.69) is 19.7 Å². The van der Waals surface area contributed by atoms with Crippen LogP contribution in [0, 0.1) is 0 Å². The number of rotatable bonds is 5. The Morgan fingerprint density at radius 2 is 1.83 bits per heavy atom. The largest absolute Gasteiger partial charge is 0.330 e. The molecule has 0 spiro atoms. The van der Waals surface area contributed by atoms with Crippen LogP contribution in [0.3, 0.4) is 0 Å². The van der Waals surface area contributed by atoms with E-state index in [0.29, 0.717) is 6.54 Å². The highest BCUT2D eigenvalue weighted by atomic mass is 14.7. The third-order valence-electron chi connectivity index (χ3n) is 1.83. The number of hydrogen-bond donors (Lipinski definition) is 2. The minimum absolute atomic E-state index is 0.0841. The van der Waals surface area contributed by atoms with Gasteiger partial charge in [0, 0.05) is 6.04 Å². The summed E-state index contributed by atoms with van der Waals surface area (Å²) in [6.45, 7) is 13.9. The Labute approximate surface area is 74.6 Å². The van der Waals surface area contributed by atoms with Crippen LogP contribution >= 0.6 is 0 Å². The van der Waals surface area contributed by atoms with E-state index >= 15 is 0 Å². The van der Waals surface area contributed by atoms with Crippen molar-refractivity contribution in [2.75, 3.05) is 6.54 Å². The van der Waals surface area contributed by atoms with Crippen molar-refractivity contribution in [3.8, 4) is 0 Å². The first-order valence-corrected chi connectivity index (χ1v) is 4.00. The molecule has 0 heterocycles. The second-order valence-electron chi connectivity index (χ2n) is 2.97. The van der Waals surface area contributed by atoms with Crippen LogP contribution < -0.4 is 11.5 Å². The maximum Gasteiger partial charge on any atom is 0.0306 e. The highest BCUT2D eigenvalue weighted by Gasteiger charge is 2.09. The molecule has 0 aromatic carbocycles. The molecule has 2 nitrogen and oxygen atoms in total. The van der Waals surface area contributed by atoms with Crippen molar-refractivity contribution in [1.29, 1.82) is 0 Å². The van der Waals surface area contributed by atoms with Gasteiger partial charge in [0.25, 0.3) is 0 Å². The molecule has 0 saturated heterocycles. The highest BCUT2D eigenvalue weighted by Crippen LogP contribution is 2.17. The quantitative estimate of drug-likeness (QED) is 0.606. The Bertz CT molecular complexity index is 204. The maximum atomic E-state index is 5.78. The lowest BCUT2D eigenvalue weighted by Gasteiger charge is -2.15. The summed E-state index contributed by atoms with van der Waals surface area (Å²) in [5.74, 6) is 0.